The highest BCUT2D eigenvalue weighted by molar-refractivity contribution is 5.99. The van der Waals surface area contributed by atoms with Crippen LogP contribution in [0, 0.1) is 13.8 Å². The molecule has 0 aliphatic heterocycles. The fourth-order valence-electron chi connectivity index (χ4n) is 1.82. The molecule has 0 saturated heterocycles. The number of ketones is 1. The third-order valence-corrected chi connectivity index (χ3v) is 3.43. The summed E-state index contributed by atoms with van der Waals surface area (Å²) in [4.78, 5) is 14.3. The summed E-state index contributed by atoms with van der Waals surface area (Å²) in [5.41, 5.74) is 3.07. The van der Waals surface area contributed by atoms with Crippen LogP contribution in [0.15, 0.2) is 18.2 Å². The number of benzene rings is 1. The second-order valence-corrected chi connectivity index (χ2v) is 4.91. The molecule has 94 valence electrons. The molecule has 0 N–H and O–H groups in total. The molecule has 0 heterocycles. The zero-order valence-electron chi connectivity index (χ0n) is 11.6. The van der Waals surface area contributed by atoms with Crippen molar-refractivity contribution >= 4 is 5.78 Å². The lowest BCUT2D eigenvalue weighted by Gasteiger charge is -2.22. The van der Waals surface area contributed by atoms with E-state index in [2.05, 4.69) is 18.7 Å². The van der Waals surface area contributed by atoms with Gasteiger partial charge in [0.1, 0.15) is 0 Å². The van der Waals surface area contributed by atoms with Gasteiger partial charge >= 0.3 is 0 Å². The fraction of sp³-hybridized carbons (Fsp3) is 0.533. The van der Waals surface area contributed by atoms with Crippen LogP contribution in [0.5, 0.6) is 0 Å². The summed E-state index contributed by atoms with van der Waals surface area (Å²) in [7, 11) is 2.01. The van der Waals surface area contributed by atoms with Gasteiger partial charge in [0.05, 0.1) is 6.54 Å². The van der Waals surface area contributed by atoms with Crippen LogP contribution >= 0.6 is 0 Å². The summed E-state index contributed by atoms with van der Waals surface area (Å²) >= 11 is 0. The molecular formula is C15H23NO. The Labute approximate surface area is 105 Å². The predicted molar refractivity (Wildman–Crippen MR) is 72.6 cm³/mol. The number of carbonyl (C=O) groups is 1. The first-order valence-corrected chi connectivity index (χ1v) is 6.26. The molecule has 1 rings (SSSR count). The number of carbonyl (C=O) groups excluding carboxylic acids is 1. The molecule has 0 radical (unpaired) electrons. The van der Waals surface area contributed by atoms with Gasteiger partial charge in [0.2, 0.25) is 0 Å². The summed E-state index contributed by atoms with van der Waals surface area (Å²) < 4.78 is 0. The van der Waals surface area contributed by atoms with Gasteiger partial charge in [-0.3, -0.25) is 9.69 Å². The minimum Gasteiger partial charge on any atom is -0.296 e. The normalized spacial score (nSPS) is 12.8. The number of rotatable bonds is 5. The first-order chi connectivity index (χ1) is 7.95. The Morgan fingerprint density at radius 2 is 2.00 bits per heavy atom. The molecule has 0 aromatic heterocycles. The first kappa shape index (κ1) is 13.9. The Kier molecular flexibility index (Phi) is 4.88. The van der Waals surface area contributed by atoms with Gasteiger partial charge < -0.3 is 0 Å². The standard InChI is InChI=1S/C15H23NO/c1-6-13(4)16(5)10-15(17)14-9-11(2)7-8-12(14)3/h7-9,13H,6,10H2,1-5H3. The number of likely N-dealkylation sites (N-methyl/N-ethyl adjacent to an activating group) is 1. The number of aryl methyl sites for hydroxylation is 2. The van der Waals surface area contributed by atoms with Gasteiger partial charge in [-0.2, -0.15) is 0 Å². The van der Waals surface area contributed by atoms with Crippen molar-refractivity contribution in [3.63, 3.8) is 0 Å². The van der Waals surface area contributed by atoms with Crippen LogP contribution in [0.1, 0.15) is 41.8 Å². The number of hydrogen-bond donors (Lipinski definition) is 0. The Hall–Kier alpha value is -1.15. The van der Waals surface area contributed by atoms with Gasteiger partial charge in [-0.25, -0.2) is 0 Å². The SMILES string of the molecule is CCC(C)N(C)CC(=O)c1cc(C)ccc1C. The van der Waals surface area contributed by atoms with Crippen molar-refractivity contribution < 1.29 is 4.79 Å². The van der Waals surface area contributed by atoms with E-state index in [1.165, 1.54) is 0 Å². The van der Waals surface area contributed by atoms with Gasteiger partial charge in [-0.05, 0) is 45.9 Å². The molecule has 0 saturated carbocycles. The van der Waals surface area contributed by atoms with Gasteiger partial charge in [-0.1, -0.05) is 24.6 Å². The Morgan fingerprint density at radius 3 is 2.59 bits per heavy atom. The van der Waals surface area contributed by atoms with Crippen molar-refractivity contribution in [3.8, 4) is 0 Å². The lowest BCUT2D eigenvalue weighted by molar-refractivity contribution is 0.0922. The predicted octanol–water partition coefficient (Wildman–Crippen LogP) is 3.22. The Bertz CT molecular complexity index is 398. The maximum atomic E-state index is 12.2. The summed E-state index contributed by atoms with van der Waals surface area (Å²) in [6, 6.07) is 6.50. The minimum absolute atomic E-state index is 0.217. The summed E-state index contributed by atoms with van der Waals surface area (Å²) in [5, 5.41) is 0. The molecule has 2 nitrogen and oxygen atoms in total. The van der Waals surface area contributed by atoms with Crippen LogP contribution < -0.4 is 0 Å². The molecule has 0 fully saturated rings. The molecule has 1 aromatic rings. The highest BCUT2D eigenvalue weighted by atomic mass is 16.1. The first-order valence-electron chi connectivity index (χ1n) is 6.26. The number of hydrogen-bond acceptors (Lipinski definition) is 2. The molecule has 0 aliphatic rings. The largest absolute Gasteiger partial charge is 0.296 e. The quantitative estimate of drug-likeness (QED) is 0.728. The van der Waals surface area contributed by atoms with Crippen LogP contribution in [0.2, 0.25) is 0 Å². The summed E-state index contributed by atoms with van der Waals surface area (Å²) in [5.74, 6) is 0.217. The average Bonchev–Trinajstić information content (AvgIpc) is 2.30. The molecule has 0 amide bonds. The van der Waals surface area contributed by atoms with E-state index in [4.69, 9.17) is 0 Å². The van der Waals surface area contributed by atoms with Crippen LogP contribution in [-0.2, 0) is 0 Å². The van der Waals surface area contributed by atoms with Gasteiger partial charge in [0.15, 0.2) is 5.78 Å². The maximum absolute atomic E-state index is 12.2. The molecule has 0 aliphatic carbocycles. The zero-order chi connectivity index (χ0) is 13.0. The lowest BCUT2D eigenvalue weighted by Crippen LogP contribution is -2.33. The monoisotopic (exact) mass is 233 g/mol. The summed E-state index contributed by atoms with van der Waals surface area (Å²) in [6.07, 6.45) is 1.07. The molecule has 2 heteroatoms. The zero-order valence-corrected chi connectivity index (χ0v) is 11.6. The van der Waals surface area contributed by atoms with Crippen molar-refractivity contribution in [2.45, 2.75) is 40.2 Å². The van der Waals surface area contributed by atoms with E-state index in [1.807, 2.05) is 39.1 Å². The van der Waals surface area contributed by atoms with Crippen LogP contribution in [0.4, 0.5) is 0 Å². The topological polar surface area (TPSA) is 20.3 Å². The third kappa shape index (κ3) is 3.67. The highest BCUT2D eigenvalue weighted by Crippen LogP contribution is 2.12. The third-order valence-electron chi connectivity index (χ3n) is 3.43. The van der Waals surface area contributed by atoms with Gasteiger partial charge in [-0.15, -0.1) is 0 Å². The van der Waals surface area contributed by atoms with Crippen molar-refractivity contribution in [1.82, 2.24) is 4.90 Å². The highest BCUT2D eigenvalue weighted by Gasteiger charge is 2.14. The molecule has 0 bridgehead atoms. The van der Waals surface area contributed by atoms with Crippen LogP contribution in [-0.4, -0.2) is 30.3 Å². The molecule has 1 unspecified atom stereocenters. The van der Waals surface area contributed by atoms with Gasteiger partial charge in [0, 0.05) is 11.6 Å². The van der Waals surface area contributed by atoms with Crippen molar-refractivity contribution in [2.24, 2.45) is 0 Å². The number of nitrogens with zero attached hydrogens (tertiary/aromatic N) is 1. The van der Waals surface area contributed by atoms with E-state index < -0.39 is 0 Å². The summed E-state index contributed by atoms with van der Waals surface area (Å²) in [6.45, 7) is 8.81. The van der Waals surface area contributed by atoms with Crippen molar-refractivity contribution in [2.75, 3.05) is 13.6 Å². The molecule has 1 atom stereocenters. The molecule has 17 heavy (non-hydrogen) atoms. The Balaban J connectivity index is 2.79. The van der Waals surface area contributed by atoms with E-state index >= 15 is 0 Å². The maximum Gasteiger partial charge on any atom is 0.177 e. The number of Topliss-reactive ketones (excluding diaryl/α,β-unsaturated/α-hetero) is 1. The fourth-order valence-corrected chi connectivity index (χ4v) is 1.82. The van der Waals surface area contributed by atoms with E-state index in [0.29, 0.717) is 12.6 Å². The second-order valence-electron chi connectivity index (χ2n) is 4.91. The molecule has 0 spiro atoms. The molecule has 1 aromatic carbocycles. The van der Waals surface area contributed by atoms with Gasteiger partial charge in [0.25, 0.3) is 0 Å². The van der Waals surface area contributed by atoms with Crippen molar-refractivity contribution in [1.29, 1.82) is 0 Å². The van der Waals surface area contributed by atoms with E-state index in [9.17, 15) is 4.79 Å². The van der Waals surface area contributed by atoms with E-state index in [0.717, 1.165) is 23.1 Å². The van der Waals surface area contributed by atoms with E-state index in [-0.39, 0.29) is 5.78 Å². The average molecular weight is 233 g/mol. The second kappa shape index (κ2) is 5.97. The lowest BCUT2D eigenvalue weighted by atomic mass is 10.0. The minimum atomic E-state index is 0.217. The van der Waals surface area contributed by atoms with E-state index in [1.54, 1.807) is 0 Å². The molecular weight excluding hydrogens is 210 g/mol. The Morgan fingerprint density at radius 1 is 1.35 bits per heavy atom. The van der Waals surface area contributed by atoms with Crippen LogP contribution in [0.25, 0.3) is 0 Å². The van der Waals surface area contributed by atoms with Crippen molar-refractivity contribution in [3.05, 3.63) is 34.9 Å². The smallest absolute Gasteiger partial charge is 0.177 e. The van der Waals surface area contributed by atoms with Crippen LogP contribution in [0.3, 0.4) is 0 Å².